The Hall–Kier alpha value is -2.10. The Balaban J connectivity index is 3.08. The molecule has 1 rings (SSSR count). The lowest BCUT2D eigenvalue weighted by Gasteiger charge is -2.09. The Labute approximate surface area is 99.5 Å². The van der Waals surface area contributed by atoms with E-state index in [9.17, 15) is 9.59 Å². The second kappa shape index (κ2) is 5.30. The highest BCUT2D eigenvalue weighted by atomic mass is 16.5. The number of allylic oxidation sites excluding steroid dienone is 1. The maximum atomic E-state index is 11.7. The summed E-state index contributed by atoms with van der Waals surface area (Å²) in [5.74, 6) is -0.731. The summed E-state index contributed by atoms with van der Waals surface area (Å²) in [6, 6.07) is 3.36. The number of benzene rings is 1. The van der Waals surface area contributed by atoms with Gasteiger partial charge in [-0.2, -0.15) is 0 Å². The molecule has 4 heteroatoms. The number of hydrogen-bond acceptors (Lipinski definition) is 3. The van der Waals surface area contributed by atoms with Crippen molar-refractivity contribution in [1.29, 1.82) is 0 Å². The summed E-state index contributed by atoms with van der Waals surface area (Å²) >= 11 is 0. The van der Waals surface area contributed by atoms with Crippen molar-refractivity contribution in [2.45, 2.75) is 13.8 Å². The molecular weight excluding hydrogens is 220 g/mol. The quantitative estimate of drug-likeness (QED) is 0.640. The highest BCUT2D eigenvalue weighted by Crippen LogP contribution is 2.24. The van der Waals surface area contributed by atoms with Gasteiger partial charge in [-0.1, -0.05) is 0 Å². The molecule has 0 heterocycles. The van der Waals surface area contributed by atoms with Crippen LogP contribution in [-0.2, 0) is 4.79 Å². The van der Waals surface area contributed by atoms with E-state index in [1.54, 1.807) is 19.2 Å². The molecule has 1 N–H and O–H groups in total. The Morgan fingerprint density at radius 1 is 1.18 bits per heavy atom. The summed E-state index contributed by atoms with van der Waals surface area (Å²) in [5, 5.41) is 8.44. The number of methoxy groups -OCH3 is 1. The number of hydrogen-bond donors (Lipinski definition) is 1. The molecule has 0 amide bonds. The lowest BCUT2D eigenvalue weighted by Crippen LogP contribution is -2.00. The van der Waals surface area contributed by atoms with Crippen LogP contribution in [0.3, 0.4) is 0 Å². The van der Waals surface area contributed by atoms with Crippen molar-refractivity contribution in [2.24, 2.45) is 0 Å². The molecule has 1 aromatic rings. The smallest absolute Gasteiger partial charge is 0.328 e. The molecular formula is C13H14O4. The summed E-state index contributed by atoms with van der Waals surface area (Å²) in [7, 11) is 1.57. The van der Waals surface area contributed by atoms with Gasteiger partial charge in [0.15, 0.2) is 5.78 Å². The molecule has 0 aliphatic heterocycles. The van der Waals surface area contributed by atoms with Gasteiger partial charge in [-0.25, -0.2) is 4.79 Å². The molecule has 0 aliphatic rings. The second-order valence-electron chi connectivity index (χ2n) is 3.68. The van der Waals surface area contributed by atoms with Crippen LogP contribution in [0, 0.1) is 13.8 Å². The molecule has 0 aliphatic carbocycles. The number of aliphatic carboxylic acids is 1. The molecule has 0 unspecified atom stereocenters. The molecule has 0 fully saturated rings. The third kappa shape index (κ3) is 3.17. The Kier molecular flexibility index (Phi) is 4.04. The first-order valence-electron chi connectivity index (χ1n) is 5.06. The lowest BCUT2D eigenvalue weighted by molar-refractivity contribution is -0.131. The molecule has 17 heavy (non-hydrogen) atoms. The van der Waals surface area contributed by atoms with Crippen LogP contribution >= 0.6 is 0 Å². The zero-order valence-corrected chi connectivity index (χ0v) is 9.98. The normalized spacial score (nSPS) is 10.5. The van der Waals surface area contributed by atoms with Gasteiger partial charge in [0.1, 0.15) is 5.75 Å². The van der Waals surface area contributed by atoms with Crippen LogP contribution in [0.15, 0.2) is 24.3 Å². The Bertz CT molecular complexity index is 463. The van der Waals surface area contributed by atoms with Gasteiger partial charge in [-0.15, -0.1) is 0 Å². The van der Waals surface area contributed by atoms with Gasteiger partial charge in [0.05, 0.1) is 7.11 Å². The SMILES string of the molecule is COc1c(C)cc(C(=O)/C=C/C(=O)O)cc1C. The van der Waals surface area contributed by atoms with E-state index in [4.69, 9.17) is 9.84 Å². The highest BCUT2D eigenvalue weighted by Gasteiger charge is 2.09. The Morgan fingerprint density at radius 3 is 2.12 bits per heavy atom. The number of ketones is 1. The van der Waals surface area contributed by atoms with Gasteiger partial charge in [0, 0.05) is 11.6 Å². The van der Waals surface area contributed by atoms with Crippen molar-refractivity contribution < 1.29 is 19.4 Å². The molecule has 4 nitrogen and oxygen atoms in total. The van der Waals surface area contributed by atoms with Crippen LogP contribution in [0.2, 0.25) is 0 Å². The summed E-state index contributed by atoms with van der Waals surface area (Å²) in [6.07, 6.45) is 1.88. The fourth-order valence-corrected chi connectivity index (χ4v) is 1.66. The van der Waals surface area contributed by atoms with Crippen molar-refractivity contribution >= 4 is 11.8 Å². The van der Waals surface area contributed by atoms with Crippen molar-refractivity contribution in [2.75, 3.05) is 7.11 Å². The van der Waals surface area contributed by atoms with E-state index in [0.717, 1.165) is 29.0 Å². The van der Waals surface area contributed by atoms with Gasteiger partial charge in [0.2, 0.25) is 0 Å². The van der Waals surface area contributed by atoms with Crippen LogP contribution in [0.1, 0.15) is 21.5 Å². The minimum Gasteiger partial charge on any atom is -0.496 e. The standard InChI is InChI=1S/C13H14O4/c1-8-6-10(7-9(2)13(8)17-3)11(14)4-5-12(15)16/h4-7H,1-3H3,(H,15,16)/b5-4+. The molecule has 0 saturated heterocycles. The van der Waals surface area contributed by atoms with Crippen LogP contribution in [0.5, 0.6) is 5.75 Å². The van der Waals surface area contributed by atoms with Gasteiger partial charge in [-0.05, 0) is 43.2 Å². The molecule has 0 saturated carbocycles. The molecule has 0 atom stereocenters. The lowest BCUT2D eigenvalue weighted by atomic mass is 10.0. The minimum absolute atomic E-state index is 0.332. The number of ether oxygens (including phenoxy) is 1. The van der Waals surface area contributed by atoms with Crippen molar-refractivity contribution in [1.82, 2.24) is 0 Å². The van der Waals surface area contributed by atoms with Gasteiger partial charge in [0.25, 0.3) is 0 Å². The van der Waals surface area contributed by atoms with Crippen LogP contribution in [0.25, 0.3) is 0 Å². The van der Waals surface area contributed by atoms with E-state index in [1.807, 2.05) is 13.8 Å². The molecule has 0 aromatic heterocycles. The summed E-state index contributed by atoms with van der Waals surface area (Å²) < 4.78 is 5.19. The fraction of sp³-hybridized carbons (Fsp3) is 0.231. The van der Waals surface area contributed by atoms with Crippen LogP contribution in [-0.4, -0.2) is 24.0 Å². The second-order valence-corrected chi connectivity index (χ2v) is 3.68. The highest BCUT2D eigenvalue weighted by molar-refractivity contribution is 6.07. The maximum absolute atomic E-state index is 11.7. The Morgan fingerprint density at radius 2 is 1.71 bits per heavy atom. The first kappa shape index (κ1) is 13.0. The number of aryl methyl sites for hydroxylation is 2. The topological polar surface area (TPSA) is 63.6 Å². The van der Waals surface area contributed by atoms with Crippen LogP contribution < -0.4 is 4.74 Å². The van der Waals surface area contributed by atoms with E-state index in [-0.39, 0.29) is 5.78 Å². The summed E-state index contributed by atoms with van der Waals surface area (Å²) in [5.41, 5.74) is 2.15. The molecule has 0 radical (unpaired) electrons. The third-order valence-electron chi connectivity index (χ3n) is 2.33. The number of rotatable bonds is 4. The zero-order valence-electron chi connectivity index (χ0n) is 9.98. The van der Waals surface area contributed by atoms with Crippen molar-refractivity contribution in [3.05, 3.63) is 41.0 Å². The number of carboxylic acid groups (broad SMARTS) is 1. The van der Waals surface area contributed by atoms with E-state index < -0.39 is 5.97 Å². The zero-order chi connectivity index (χ0) is 13.0. The predicted octanol–water partition coefficient (Wildman–Crippen LogP) is 2.14. The molecule has 1 aromatic carbocycles. The largest absolute Gasteiger partial charge is 0.496 e. The van der Waals surface area contributed by atoms with E-state index in [2.05, 4.69) is 0 Å². The summed E-state index contributed by atoms with van der Waals surface area (Å²) in [4.78, 5) is 22.0. The molecule has 0 bridgehead atoms. The van der Waals surface area contributed by atoms with Gasteiger partial charge >= 0.3 is 5.97 Å². The molecule has 0 spiro atoms. The predicted molar refractivity (Wildman–Crippen MR) is 63.6 cm³/mol. The van der Waals surface area contributed by atoms with Gasteiger partial charge < -0.3 is 9.84 Å². The maximum Gasteiger partial charge on any atom is 0.328 e. The number of carbonyl (C=O) groups excluding carboxylic acids is 1. The van der Waals surface area contributed by atoms with E-state index >= 15 is 0 Å². The van der Waals surface area contributed by atoms with Crippen molar-refractivity contribution in [3.63, 3.8) is 0 Å². The first-order chi connectivity index (χ1) is 7.95. The average molecular weight is 234 g/mol. The minimum atomic E-state index is -1.14. The number of carboxylic acids is 1. The summed E-state index contributed by atoms with van der Waals surface area (Å²) in [6.45, 7) is 3.67. The van der Waals surface area contributed by atoms with E-state index in [1.165, 1.54) is 0 Å². The van der Waals surface area contributed by atoms with E-state index in [0.29, 0.717) is 5.56 Å². The first-order valence-corrected chi connectivity index (χ1v) is 5.06. The average Bonchev–Trinajstić information content (AvgIpc) is 2.25. The van der Waals surface area contributed by atoms with Crippen LogP contribution in [0.4, 0.5) is 0 Å². The fourth-order valence-electron chi connectivity index (χ4n) is 1.66. The third-order valence-corrected chi connectivity index (χ3v) is 2.33. The van der Waals surface area contributed by atoms with Gasteiger partial charge in [-0.3, -0.25) is 4.79 Å². The molecule has 90 valence electrons. The number of carbonyl (C=O) groups is 2. The monoisotopic (exact) mass is 234 g/mol. The van der Waals surface area contributed by atoms with Crippen molar-refractivity contribution in [3.8, 4) is 5.75 Å².